The molecule has 0 atom stereocenters. The van der Waals surface area contributed by atoms with Crippen molar-refractivity contribution in [2.24, 2.45) is 0 Å². The van der Waals surface area contributed by atoms with Crippen LogP contribution in [0.15, 0.2) is 30.5 Å². The zero-order valence-corrected chi connectivity index (χ0v) is 16.2. The van der Waals surface area contributed by atoms with Crippen LogP contribution in [0.5, 0.6) is 0 Å². The Balaban J connectivity index is 1.64. The SMILES string of the molecule is Cc1cc(C)c(NC(=O)COC(=O)c2ccc[nH+]c2N2CCCC2)c(Cl)c1. The zero-order chi connectivity index (χ0) is 19.4. The number of amides is 1. The fourth-order valence-corrected chi connectivity index (χ4v) is 3.62. The van der Waals surface area contributed by atoms with Crippen LogP contribution in [0.2, 0.25) is 5.02 Å². The van der Waals surface area contributed by atoms with E-state index < -0.39 is 11.9 Å². The average molecular weight is 389 g/mol. The van der Waals surface area contributed by atoms with Gasteiger partial charge in [0.2, 0.25) is 0 Å². The third kappa shape index (κ3) is 4.57. The Morgan fingerprint density at radius 2 is 2.00 bits per heavy atom. The van der Waals surface area contributed by atoms with Gasteiger partial charge in [-0.3, -0.25) is 9.69 Å². The average Bonchev–Trinajstić information content (AvgIpc) is 3.17. The van der Waals surface area contributed by atoms with Crippen molar-refractivity contribution >= 4 is 35.0 Å². The third-order valence-electron chi connectivity index (χ3n) is 4.51. The molecule has 1 aliphatic heterocycles. The lowest BCUT2D eigenvalue weighted by atomic mass is 10.1. The van der Waals surface area contributed by atoms with E-state index in [2.05, 4.69) is 15.2 Å². The van der Waals surface area contributed by atoms with Gasteiger partial charge in [0.1, 0.15) is 5.56 Å². The molecule has 142 valence electrons. The highest BCUT2D eigenvalue weighted by Crippen LogP contribution is 2.27. The Morgan fingerprint density at radius 3 is 2.70 bits per heavy atom. The van der Waals surface area contributed by atoms with Crippen molar-refractivity contribution in [1.29, 1.82) is 0 Å². The molecule has 6 nitrogen and oxygen atoms in total. The van der Waals surface area contributed by atoms with E-state index in [1.54, 1.807) is 24.4 Å². The molecule has 1 aromatic heterocycles. The number of carbonyl (C=O) groups is 2. The number of nitrogens with one attached hydrogen (secondary N) is 2. The Bertz CT molecular complexity index is 840. The number of rotatable bonds is 5. The number of anilines is 2. The van der Waals surface area contributed by atoms with E-state index >= 15 is 0 Å². The van der Waals surface area contributed by atoms with E-state index in [0.717, 1.165) is 42.9 Å². The number of hydrogen-bond acceptors (Lipinski definition) is 4. The number of hydrogen-bond donors (Lipinski definition) is 1. The number of nitrogens with zero attached hydrogens (tertiary/aromatic N) is 1. The summed E-state index contributed by atoms with van der Waals surface area (Å²) in [6.45, 7) is 5.21. The highest BCUT2D eigenvalue weighted by atomic mass is 35.5. The first-order valence-electron chi connectivity index (χ1n) is 8.95. The predicted octanol–water partition coefficient (Wildman–Crippen LogP) is 3.17. The van der Waals surface area contributed by atoms with Gasteiger partial charge in [-0.25, -0.2) is 9.78 Å². The normalized spacial score (nSPS) is 13.5. The molecule has 1 aromatic carbocycles. The summed E-state index contributed by atoms with van der Waals surface area (Å²) in [4.78, 5) is 29.9. The summed E-state index contributed by atoms with van der Waals surface area (Å²) in [6, 6.07) is 7.14. The first-order chi connectivity index (χ1) is 13.0. The van der Waals surface area contributed by atoms with Crippen molar-refractivity contribution in [3.05, 3.63) is 52.2 Å². The van der Waals surface area contributed by atoms with Gasteiger partial charge < -0.3 is 10.1 Å². The van der Waals surface area contributed by atoms with Crippen LogP contribution in [0.4, 0.5) is 11.5 Å². The first-order valence-corrected chi connectivity index (χ1v) is 9.33. The van der Waals surface area contributed by atoms with Gasteiger partial charge in [0.15, 0.2) is 6.61 Å². The predicted molar refractivity (Wildman–Crippen MR) is 104 cm³/mol. The number of H-pyrrole nitrogens is 1. The molecule has 7 heteroatoms. The second kappa shape index (κ2) is 8.39. The number of carbonyl (C=O) groups excluding carboxylic acids is 2. The van der Waals surface area contributed by atoms with Crippen LogP contribution in [0.25, 0.3) is 0 Å². The quantitative estimate of drug-likeness (QED) is 0.798. The number of aromatic nitrogens is 1. The first kappa shape index (κ1) is 19.2. The summed E-state index contributed by atoms with van der Waals surface area (Å²) in [5.41, 5.74) is 2.83. The lowest BCUT2D eigenvalue weighted by molar-refractivity contribution is -0.364. The number of aryl methyl sites for hydroxylation is 2. The molecule has 1 aliphatic rings. The van der Waals surface area contributed by atoms with Crippen LogP contribution in [0, 0.1) is 13.8 Å². The lowest BCUT2D eigenvalue weighted by Gasteiger charge is -2.13. The molecule has 0 saturated carbocycles. The third-order valence-corrected chi connectivity index (χ3v) is 4.81. The Hall–Kier alpha value is -2.60. The van der Waals surface area contributed by atoms with E-state index in [-0.39, 0.29) is 6.61 Å². The minimum atomic E-state index is -0.532. The molecule has 0 aliphatic carbocycles. The van der Waals surface area contributed by atoms with Crippen LogP contribution in [-0.4, -0.2) is 31.6 Å². The molecule has 2 N–H and O–H groups in total. The number of aromatic amines is 1. The molecule has 1 saturated heterocycles. The molecule has 27 heavy (non-hydrogen) atoms. The maximum Gasteiger partial charge on any atom is 0.347 e. The van der Waals surface area contributed by atoms with Gasteiger partial charge in [-0.1, -0.05) is 17.7 Å². The molecular weight excluding hydrogens is 366 g/mol. The van der Waals surface area contributed by atoms with Gasteiger partial charge in [-0.05, 0) is 56.0 Å². The Kier molecular flexibility index (Phi) is 5.96. The van der Waals surface area contributed by atoms with Gasteiger partial charge >= 0.3 is 5.97 Å². The van der Waals surface area contributed by atoms with Crippen LogP contribution in [-0.2, 0) is 9.53 Å². The molecule has 0 bridgehead atoms. The van der Waals surface area contributed by atoms with Crippen molar-refractivity contribution in [3.63, 3.8) is 0 Å². The van der Waals surface area contributed by atoms with Crippen LogP contribution >= 0.6 is 11.6 Å². The molecule has 0 radical (unpaired) electrons. The van der Waals surface area contributed by atoms with Crippen molar-refractivity contribution < 1.29 is 19.3 Å². The number of esters is 1. The second-order valence-corrected chi connectivity index (χ2v) is 7.10. The van der Waals surface area contributed by atoms with Crippen LogP contribution in [0.3, 0.4) is 0 Å². The highest BCUT2D eigenvalue weighted by molar-refractivity contribution is 6.34. The monoisotopic (exact) mass is 388 g/mol. The molecule has 1 amide bonds. The summed E-state index contributed by atoms with van der Waals surface area (Å²) >= 11 is 6.20. The van der Waals surface area contributed by atoms with Gasteiger partial charge in [-0.2, -0.15) is 0 Å². The topological polar surface area (TPSA) is 72.8 Å². The van der Waals surface area contributed by atoms with Gasteiger partial charge in [0.05, 0.1) is 30.0 Å². The summed E-state index contributed by atoms with van der Waals surface area (Å²) < 4.78 is 5.23. The summed E-state index contributed by atoms with van der Waals surface area (Å²) in [6.07, 6.45) is 3.96. The maximum atomic E-state index is 12.5. The van der Waals surface area contributed by atoms with Crippen LogP contribution < -0.4 is 15.2 Å². The number of ether oxygens (including phenoxy) is 1. The van der Waals surface area contributed by atoms with Gasteiger partial charge in [0.25, 0.3) is 11.7 Å². The van der Waals surface area contributed by atoms with Crippen molar-refractivity contribution in [3.8, 4) is 0 Å². The largest absolute Gasteiger partial charge is 0.452 e. The molecule has 2 aromatic rings. The molecule has 2 heterocycles. The van der Waals surface area contributed by atoms with Crippen LogP contribution in [0.1, 0.15) is 34.3 Å². The molecule has 3 rings (SSSR count). The molecular formula is C20H23ClN3O3+. The fraction of sp³-hybridized carbons (Fsp3) is 0.350. The zero-order valence-electron chi connectivity index (χ0n) is 15.5. The van der Waals surface area contributed by atoms with E-state index in [4.69, 9.17) is 16.3 Å². The number of benzene rings is 1. The van der Waals surface area contributed by atoms with E-state index in [0.29, 0.717) is 16.3 Å². The fourth-order valence-electron chi connectivity index (χ4n) is 3.25. The summed E-state index contributed by atoms with van der Waals surface area (Å²) in [5, 5.41) is 3.18. The lowest BCUT2D eigenvalue weighted by Crippen LogP contribution is -2.29. The van der Waals surface area contributed by atoms with E-state index in [1.165, 1.54) is 0 Å². The van der Waals surface area contributed by atoms with Gasteiger partial charge in [-0.15, -0.1) is 0 Å². The van der Waals surface area contributed by atoms with E-state index in [1.807, 2.05) is 19.9 Å². The molecule has 1 fully saturated rings. The molecule has 0 unspecified atom stereocenters. The standard InChI is InChI=1S/C20H22ClN3O3/c1-13-10-14(2)18(16(21)11-13)23-17(25)12-27-20(26)15-6-5-7-22-19(15)24-8-3-4-9-24/h5-7,10-11H,3-4,8-9,12H2,1-2H3,(H,23,25)/p+1. The van der Waals surface area contributed by atoms with E-state index in [9.17, 15) is 9.59 Å². The van der Waals surface area contributed by atoms with Crippen molar-refractivity contribution in [2.75, 3.05) is 29.9 Å². The molecule has 0 spiro atoms. The Morgan fingerprint density at radius 1 is 1.26 bits per heavy atom. The van der Waals surface area contributed by atoms with Crippen molar-refractivity contribution in [2.45, 2.75) is 26.7 Å². The van der Waals surface area contributed by atoms with Gasteiger partial charge in [0, 0.05) is 0 Å². The number of halogens is 1. The minimum absolute atomic E-state index is 0.378. The van der Waals surface area contributed by atoms with Crippen molar-refractivity contribution in [1.82, 2.24) is 0 Å². The maximum absolute atomic E-state index is 12.5. The summed E-state index contributed by atoms with van der Waals surface area (Å²) in [5.74, 6) is -0.228. The smallest absolute Gasteiger partial charge is 0.347 e. The number of pyridine rings is 1. The Labute approximate surface area is 163 Å². The minimum Gasteiger partial charge on any atom is -0.452 e. The summed E-state index contributed by atoms with van der Waals surface area (Å²) in [7, 11) is 0. The second-order valence-electron chi connectivity index (χ2n) is 6.69. The highest BCUT2D eigenvalue weighted by Gasteiger charge is 2.27.